The van der Waals surface area contributed by atoms with E-state index in [0.29, 0.717) is 54.1 Å². The van der Waals surface area contributed by atoms with Gasteiger partial charge in [0.2, 0.25) is 0 Å². The van der Waals surface area contributed by atoms with Crippen molar-refractivity contribution in [2.75, 3.05) is 26.9 Å². The molecular weight excluding hydrogens is 660 g/mol. The van der Waals surface area contributed by atoms with E-state index in [2.05, 4.69) is 37.1 Å². The van der Waals surface area contributed by atoms with Gasteiger partial charge in [0, 0.05) is 10.2 Å². The zero-order valence-corrected chi connectivity index (χ0v) is 27.6. The maximum absolute atomic E-state index is 12.5. The van der Waals surface area contributed by atoms with Crippen LogP contribution in [0.2, 0.25) is 0 Å². The van der Waals surface area contributed by atoms with Crippen LogP contribution in [0.25, 0.3) is 0 Å². The molecule has 0 saturated carbocycles. The highest BCUT2D eigenvalue weighted by atomic mass is 79.9. The molecular formula is C33H37BrN4O8. The van der Waals surface area contributed by atoms with Crippen LogP contribution in [0, 0.1) is 0 Å². The Balaban J connectivity index is 1.37. The number of hydrogen-bond acceptors (Lipinski definition) is 10. The van der Waals surface area contributed by atoms with Crippen LogP contribution >= 0.6 is 15.9 Å². The highest BCUT2D eigenvalue weighted by molar-refractivity contribution is 9.10. The molecule has 0 aliphatic carbocycles. The quantitative estimate of drug-likeness (QED) is 0.0750. The van der Waals surface area contributed by atoms with Gasteiger partial charge < -0.3 is 39.4 Å². The van der Waals surface area contributed by atoms with E-state index in [-0.39, 0.29) is 12.2 Å². The smallest absolute Gasteiger partial charge is 0.337 e. The maximum atomic E-state index is 12.5. The second-order valence-electron chi connectivity index (χ2n) is 9.97. The van der Waals surface area contributed by atoms with Gasteiger partial charge in [0.15, 0.2) is 29.2 Å². The molecule has 0 spiro atoms. The molecule has 0 unspecified atom stereocenters. The molecule has 1 heterocycles. The first-order valence-electron chi connectivity index (χ1n) is 14.6. The molecule has 2 atom stereocenters. The Kier molecular flexibility index (Phi) is 12.3. The minimum Gasteiger partial charge on any atom is -0.490 e. The number of methoxy groups -OCH3 is 1. The van der Waals surface area contributed by atoms with Crippen molar-refractivity contribution in [1.82, 2.24) is 16.1 Å². The molecule has 244 valence electrons. The Hall–Kier alpha value is -4.75. The fraction of sp³-hybridized carbons (Fsp3) is 0.303. The van der Waals surface area contributed by atoms with Crippen molar-refractivity contribution in [3.8, 4) is 23.0 Å². The molecule has 3 aromatic rings. The lowest BCUT2D eigenvalue weighted by molar-refractivity contribution is -0.136. The monoisotopic (exact) mass is 696 g/mol. The zero-order valence-electron chi connectivity index (χ0n) is 26.0. The van der Waals surface area contributed by atoms with Gasteiger partial charge in [-0.3, -0.25) is 5.43 Å². The first-order chi connectivity index (χ1) is 22.2. The van der Waals surface area contributed by atoms with Gasteiger partial charge in [0.25, 0.3) is 0 Å². The van der Waals surface area contributed by atoms with Crippen molar-refractivity contribution >= 4 is 34.1 Å². The lowest BCUT2D eigenvalue weighted by atomic mass is 9.95. The standard InChI is InChI=1S/C33H37BrN4O8/c1-5-43-27-15-22(9-13-25(27)45-18-21-7-11-24(34)12-8-21)17-35-38-29(39)19-46-26-14-10-23(16-28(26)44-6-2)31-30(32(40)42-4)20(3)36-33(41)37-31/h7-17,29,31,38-39H,5-6,18-19H2,1-4H3,(H2,36,37,41)/b35-17-/t29-,31-/m1/s1. The average molecular weight is 698 g/mol. The third-order valence-electron chi connectivity index (χ3n) is 6.68. The summed E-state index contributed by atoms with van der Waals surface area (Å²) in [6.07, 6.45) is 0.400. The number of hydrazone groups is 1. The number of nitrogens with one attached hydrogen (secondary N) is 3. The number of benzene rings is 3. The summed E-state index contributed by atoms with van der Waals surface area (Å²) in [6, 6.07) is 17.1. The molecule has 1 aliphatic rings. The van der Waals surface area contributed by atoms with Crippen LogP contribution < -0.4 is 35.0 Å². The van der Waals surface area contributed by atoms with E-state index in [1.165, 1.54) is 7.11 Å². The van der Waals surface area contributed by atoms with E-state index < -0.39 is 24.3 Å². The summed E-state index contributed by atoms with van der Waals surface area (Å²) in [5, 5.41) is 19.9. The predicted octanol–water partition coefficient (Wildman–Crippen LogP) is 4.95. The molecule has 3 aromatic carbocycles. The second-order valence-corrected chi connectivity index (χ2v) is 10.9. The second kappa shape index (κ2) is 16.5. The Morgan fingerprint density at radius 2 is 1.65 bits per heavy atom. The van der Waals surface area contributed by atoms with Crippen molar-refractivity contribution in [2.24, 2.45) is 5.10 Å². The minimum absolute atomic E-state index is 0.152. The summed E-state index contributed by atoms with van der Waals surface area (Å²) in [5.41, 5.74) is 5.65. The molecule has 0 saturated heterocycles. The number of aliphatic hydroxyl groups is 1. The molecule has 4 rings (SSSR count). The van der Waals surface area contributed by atoms with E-state index in [4.69, 9.17) is 23.7 Å². The van der Waals surface area contributed by atoms with E-state index >= 15 is 0 Å². The van der Waals surface area contributed by atoms with Crippen LogP contribution in [-0.4, -0.2) is 56.5 Å². The normalized spacial score (nSPS) is 15.1. The fourth-order valence-electron chi connectivity index (χ4n) is 4.55. The number of rotatable bonds is 15. The number of nitrogens with zero attached hydrogens (tertiary/aromatic N) is 1. The van der Waals surface area contributed by atoms with Crippen LogP contribution in [0.15, 0.2) is 81.5 Å². The molecule has 0 bridgehead atoms. The first kappa shape index (κ1) is 34.1. The van der Waals surface area contributed by atoms with E-state index in [1.54, 1.807) is 37.4 Å². The summed E-state index contributed by atoms with van der Waals surface area (Å²) in [7, 11) is 1.28. The van der Waals surface area contributed by atoms with E-state index in [9.17, 15) is 14.7 Å². The van der Waals surface area contributed by atoms with Crippen LogP contribution in [0.4, 0.5) is 4.79 Å². The molecule has 4 N–H and O–H groups in total. The minimum atomic E-state index is -1.15. The van der Waals surface area contributed by atoms with E-state index in [0.717, 1.165) is 15.6 Å². The Morgan fingerprint density at radius 3 is 2.35 bits per heavy atom. The summed E-state index contributed by atoms with van der Waals surface area (Å²) in [5.74, 6) is 1.34. The van der Waals surface area contributed by atoms with Crippen molar-refractivity contribution in [3.63, 3.8) is 0 Å². The lowest BCUT2D eigenvalue weighted by Crippen LogP contribution is -2.45. The molecule has 2 amide bonds. The SMILES string of the molecule is CCOc1cc(/C=N\N[C@H](O)COc2ccc([C@H]3NC(=O)NC(C)=C3C(=O)OC)cc2OCC)ccc1OCc1ccc(Br)cc1. The molecule has 1 aliphatic heterocycles. The van der Waals surface area contributed by atoms with Gasteiger partial charge in [-0.1, -0.05) is 34.1 Å². The molecule has 12 nitrogen and oxygen atoms in total. The molecule has 46 heavy (non-hydrogen) atoms. The van der Waals surface area contributed by atoms with Crippen molar-refractivity contribution in [2.45, 2.75) is 39.6 Å². The number of allylic oxidation sites excluding steroid dienone is 1. The molecule has 13 heteroatoms. The number of aliphatic hydroxyl groups excluding tert-OH is 1. The predicted molar refractivity (Wildman–Crippen MR) is 175 cm³/mol. The van der Waals surface area contributed by atoms with Gasteiger partial charge in [-0.15, -0.1) is 0 Å². The van der Waals surface area contributed by atoms with Crippen molar-refractivity contribution in [3.05, 3.63) is 93.1 Å². The highest BCUT2D eigenvalue weighted by Crippen LogP contribution is 2.35. The first-order valence-corrected chi connectivity index (χ1v) is 15.4. The van der Waals surface area contributed by atoms with Gasteiger partial charge >= 0.3 is 12.0 Å². The number of amides is 2. The van der Waals surface area contributed by atoms with Crippen LogP contribution in [0.3, 0.4) is 0 Å². The Bertz CT molecular complexity index is 1580. The fourth-order valence-corrected chi connectivity index (χ4v) is 4.82. The number of esters is 1. The number of carbonyl (C=O) groups is 2. The van der Waals surface area contributed by atoms with Crippen molar-refractivity contribution < 1.29 is 38.4 Å². The Labute approximate surface area is 275 Å². The van der Waals surface area contributed by atoms with Gasteiger partial charge in [0.05, 0.1) is 38.2 Å². The molecule has 0 radical (unpaired) electrons. The third-order valence-corrected chi connectivity index (χ3v) is 7.21. The lowest BCUT2D eigenvalue weighted by Gasteiger charge is -2.28. The van der Waals surface area contributed by atoms with Crippen LogP contribution in [0.5, 0.6) is 23.0 Å². The Morgan fingerprint density at radius 1 is 0.978 bits per heavy atom. The number of carbonyl (C=O) groups excluding carboxylic acids is 2. The van der Waals surface area contributed by atoms with Gasteiger partial charge in [0.1, 0.15) is 13.2 Å². The number of hydrogen-bond donors (Lipinski definition) is 4. The number of urea groups is 1. The van der Waals surface area contributed by atoms with Crippen LogP contribution in [0.1, 0.15) is 43.5 Å². The molecule has 0 aromatic heterocycles. The summed E-state index contributed by atoms with van der Waals surface area (Å²) >= 11 is 3.43. The summed E-state index contributed by atoms with van der Waals surface area (Å²) in [6.45, 7) is 6.37. The number of ether oxygens (including phenoxy) is 5. The average Bonchev–Trinajstić information content (AvgIpc) is 3.04. The maximum Gasteiger partial charge on any atom is 0.337 e. The van der Waals surface area contributed by atoms with Crippen molar-refractivity contribution in [1.29, 1.82) is 0 Å². The summed E-state index contributed by atoms with van der Waals surface area (Å²) in [4.78, 5) is 24.6. The van der Waals surface area contributed by atoms with Crippen LogP contribution in [-0.2, 0) is 16.1 Å². The highest BCUT2D eigenvalue weighted by Gasteiger charge is 2.32. The largest absolute Gasteiger partial charge is 0.490 e. The molecule has 0 fully saturated rings. The topological polar surface area (TPSA) is 149 Å². The number of halogens is 1. The van der Waals surface area contributed by atoms with Gasteiger partial charge in [-0.25, -0.2) is 9.59 Å². The summed E-state index contributed by atoms with van der Waals surface area (Å²) < 4.78 is 29.2. The zero-order chi connectivity index (χ0) is 33.1. The van der Waals surface area contributed by atoms with Gasteiger partial charge in [-0.2, -0.15) is 5.10 Å². The van der Waals surface area contributed by atoms with Gasteiger partial charge in [-0.05, 0) is 79.9 Å². The third kappa shape index (κ3) is 9.14. The van der Waals surface area contributed by atoms with E-state index in [1.807, 2.05) is 50.2 Å².